The van der Waals surface area contributed by atoms with Crippen molar-refractivity contribution in [1.29, 1.82) is 0 Å². The predicted octanol–water partition coefficient (Wildman–Crippen LogP) is 0.940. The molecule has 0 N–H and O–H groups in total. The predicted molar refractivity (Wildman–Crippen MR) is 29.3 cm³/mol. The van der Waals surface area contributed by atoms with Crippen molar-refractivity contribution in [3.63, 3.8) is 0 Å². The van der Waals surface area contributed by atoms with Gasteiger partial charge in [0, 0.05) is 0 Å². The number of hydrogen-bond donors (Lipinski definition) is 0. The summed E-state index contributed by atoms with van der Waals surface area (Å²) in [5, 5.41) is 0. The molecule has 2 nitrogen and oxygen atoms in total. The van der Waals surface area contributed by atoms with Crippen LogP contribution in [0.15, 0.2) is 10.2 Å². The molecule has 0 fully saturated rings. The fraction of sp³-hybridized carbons (Fsp3) is 0. The average Bonchev–Trinajstić information content (AvgIpc) is 1.65. The van der Waals surface area contributed by atoms with Gasteiger partial charge in [0.15, 0.2) is 0 Å². The summed E-state index contributed by atoms with van der Waals surface area (Å²) in [6.45, 7) is 3.37. The molecule has 0 saturated heterocycles. The van der Waals surface area contributed by atoms with Crippen LogP contribution in [0.3, 0.4) is 0 Å². The quantitative estimate of drug-likeness (QED) is 0.374. The van der Waals surface area contributed by atoms with Crippen LogP contribution in [0.5, 0.6) is 0 Å². The first-order valence-electron chi connectivity index (χ1n) is 1.49. The van der Waals surface area contributed by atoms with E-state index in [-0.39, 0.29) is 32.5 Å². The zero-order valence-corrected chi connectivity index (χ0v) is 11.3. The van der Waals surface area contributed by atoms with E-state index in [0.717, 1.165) is 0 Å². The van der Waals surface area contributed by atoms with Crippen LogP contribution in [0.2, 0.25) is 0 Å². The van der Waals surface area contributed by atoms with Crippen molar-refractivity contribution in [2.45, 2.75) is 0 Å². The van der Waals surface area contributed by atoms with Gasteiger partial charge in [-0.15, -0.1) is 0 Å². The summed E-state index contributed by atoms with van der Waals surface area (Å²) < 4.78 is 4.91. The third-order valence-electron chi connectivity index (χ3n) is 0.353. The van der Waals surface area contributed by atoms with Crippen LogP contribution in [-0.2, 0) is 34.0 Å². The molecule has 0 aliphatic heterocycles. The fourth-order valence-corrected chi connectivity index (χ4v) is 2.05. The molecule has 0 saturated carbocycles. The molecule has 0 heterocycles. The third-order valence-corrected chi connectivity index (χ3v) is 1.81. The first kappa shape index (κ1) is 7.88. The maximum atomic E-state index is 10.2. The van der Waals surface area contributed by atoms with Crippen LogP contribution < -0.4 is 0 Å². The Morgan fingerprint density at radius 3 is 2.29 bits per heavy atom. The van der Waals surface area contributed by atoms with Crippen molar-refractivity contribution >= 4 is 28.6 Å². The molecule has 0 aliphatic rings. The van der Waals surface area contributed by atoms with E-state index < -0.39 is 0 Å². The molecule has 0 bridgehead atoms. The fourth-order valence-electron chi connectivity index (χ4n) is 0.0783. The minimum absolute atomic E-state index is 0.107. The first-order chi connectivity index (χ1) is 3.18. The Kier molecular flexibility index (Phi) is 4.30. The summed E-state index contributed by atoms with van der Waals surface area (Å²) in [6.07, 6.45) is 0. The van der Waals surface area contributed by atoms with Gasteiger partial charge in [-0.1, -0.05) is 0 Å². The Morgan fingerprint density at radius 1 is 1.86 bits per heavy atom. The Morgan fingerprint density at radius 2 is 2.29 bits per heavy atom. The van der Waals surface area contributed by atoms with Crippen LogP contribution in [0.1, 0.15) is 0 Å². The van der Waals surface area contributed by atoms with Gasteiger partial charge in [0.05, 0.1) is 0 Å². The number of carbonyl (C=O) groups excluding carboxylic acids is 1. The minimum atomic E-state index is -0.274. The van der Waals surface area contributed by atoms with E-state index in [0.29, 0.717) is 3.58 Å². The summed E-state index contributed by atoms with van der Waals surface area (Å²) in [6, 6.07) is 0. The van der Waals surface area contributed by atoms with Crippen LogP contribution in [-0.4, -0.2) is 5.97 Å². The Balaban J connectivity index is 3.58. The van der Waals surface area contributed by atoms with E-state index in [9.17, 15) is 4.79 Å². The molecular weight excluding hydrogens is 396 g/mol. The van der Waals surface area contributed by atoms with E-state index in [1.807, 2.05) is 22.6 Å². The van der Waals surface area contributed by atoms with Gasteiger partial charge in [-0.25, -0.2) is 0 Å². The van der Waals surface area contributed by atoms with Gasteiger partial charge in [0.2, 0.25) is 0 Å². The van der Waals surface area contributed by atoms with E-state index in [4.69, 9.17) is 0 Å². The summed E-state index contributed by atoms with van der Waals surface area (Å²) in [4.78, 5) is 10.2. The molecule has 4 heteroatoms. The zero-order valence-electron chi connectivity index (χ0n) is 3.61. The second-order valence-corrected chi connectivity index (χ2v) is 3.26. The van der Waals surface area contributed by atoms with Crippen LogP contribution in [0.4, 0.5) is 0 Å². The van der Waals surface area contributed by atoms with E-state index in [1.54, 1.807) is 0 Å². The number of halogens is 1. The second-order valence-electron chi connectivity index (χ2n) is 0.837. The topological polar surface area (TPSA) is 26.3 Å². The molecule has 7 heavy (non-hydrogen) atoms. The molecule has 0 atom stereocenters. The zero-order chi connectivity index (χ0) is 5.86. The van der Waals surface area contributed by atoms with Gasteiger partial charge in [0.25, 0.3) is 0 Å². The van der Waals surface area contributed by atoms with Gasteiger partial charge in [-0.3, -0.25) is 0 Å². The molecule has 0 aromatic rings. The summed E-state index contributed by atoms with van der Waals surface area (Å²) >= 11 is 1.94. The molecule has 0 rings (SSSR count). The molecule has 0 amide bonds. The number of hydrogen-bond acceptors (Lipinski definition) is 2. The standard InChI is InChI=1S/C3H3IO2.Hg/c1-2(4)3(5)6;/h1H2,(H,5,6);/q;+1/p-1. The summed E-state index contributed by atoms with van der Waals surface area (Å²) in [5.41, 5.74) is 0. The molecule has 35 valence electrons. The molecule has 0 radical (unpaired) electrons. The van der Waals surface area contributed by atoms with Crippen molar-refractivity contribution in [2.24, 2.45) is 0 Å². The summed E-state index contributed by atoms with van der Waals surface area (Å²) in [7, 11) is 0. The normalized spacial score (nSPS) is 7.86. The molecule has 0 unspecified atom stereocenters. The van der Waals surface area contributed by atoms with Crippen molar-refractivity contribution in [3.8, 4) is 0 Å². The number of rotatable bonds is 1. The molecule has 0 aromatic carbocycles. The molecule has 0 aliphatic carbocycles. The average molecular weight is 398 g/mol. The van der Waals surface area contributed by atoms with Gasteiger partial charge < -0.3 is 0 Å². The molecule has 0 spiro atoms. The van der Waals surface area contributed by atoms with Gasteiger partial charge in [0.1, 0.15) is 0 Å². The van der Waals surface area contributed by atoms with E-state index in [1.165, 1.54) is 0 Å². The van der Waals surface area contributed by atoms with Crippen molar-refractivity contribution in [2.75, 3.05) is 0 Å². The number of carbonyl (C=O) groups is 1. The first-order valence-corrected chi connectivity index (χ1v) is 4.81. The maximum absolute atomic E-state index is 10.2. The molecular formula is C3H2HgIO2. The molecule has 0 aromatic heterocycles. The van der Waals surface area contributed by atoms with Gasteiger partial charge in [-0.05, 0) is 0 Å². The van der Waals surface area contributed by atoms with Crippen molar-refractivity contribution < 1.29 is 34.0 Å². The van der Waals surface area contributed by atoms with Gasteiger partial charge >= 0.3 is 72.7 Å². The monoisotopic (exact) mass is 399 g/mol. The third kappa shape index (κ3) is 3.46. The van der Waals surface area contributed by atoms with Crippen molar-refractivity contribution in [3.05, 3.63) is 10.2 Å². The van der Waals surface area contributed by atoms with Crippen LogP contribution >= 0.6 is 22.6 Å². The Hall–Kier alpha value is 0.875. The van der Waals surface area contributed by atoms with E-state index >= 15 is 0 Å². The summed E-state index contributed by atoms with van der Waals surface area (Å²) in [5.74, 6) is -0.274. The Labute approximate surface area is 72.1 Å². The van der Waals surface area contributed by atoms with E-state index in [2.05, 4.69) is 9.22 Å². The second kappa shape index (κ2) is 3.83. The van der Waals surface area contributed by atoms with Crippen LogP contribution in [0.25, 0.3) is 0 Å². The Bertz CT molecular complexity index is 101. The SMILES string of the molecule is C=C(I)C(=O)[O][Hg]. The van der Waals surface area contributed by atoms with Gasteiger partial charge in [-0.2, -0.15) is 0 Å². The van der Waals surface area contributed by atoms with Crippen LogP contribution in [0, 0.1) is 0 Å². The van der Waals surface area contributed by atoms with Crippen molar-refractivity contribution in [1.82, 2.24) is 0 Å².